The van der Waals surface area contributed by atoms with Crippen molar-refractivity contribution in [3.8, 4) is 11.4 Å². The lowest BCUT2D eigenvalue weighted by molar-refractivity contribution is 0.134. The molecule has 0 saturated heterocycles. The number of H-pyrrole nitrogens is 1. The Balaban J connectivity index is 2.00. The first-order valence-corrected chi connectivity index (χ1v) is 5.48. The third kappa shape index (κ3) is 1.51. The smallest absolute Gasteiger partial charge is 0.181 e. The Morgan fingerprint density at radius 1 is 1.31 bits per heavy atom. The predicted octanol–water partition coefficient (Wildman–Crippen LogP) is 2.06. The molecule has 1 N–H and O–H groups in total. The highest BCUT2D eigenvalue weighted by molar-refractivity contribution is 5.57. The molecule has 0 bridgehead atoms. The maximum absolute atomic E-state index is 5.38. The van der Waals surface area contributed by atoms with Crippen LogP contribution in [0.25, 0.3) is 11.4 Å². The topological polar surface area (TPSA) is 50.8 Å². The molecule has 4 nitrogen and oxygen atoms in total. The van der Waals surface area contributed by atoms with Gasteiger partial charge in [0.25, 0.3) is 0 Å². The first kappa shape index (κ1) is 9.54. The Morgan fingerprint density at radius 3 is 3.00 bits per heavy atom. The number of aryl methyl sites for hydroxylation is 1. The molecule has 1 aromatic carbocycles. The van der Waals surface area contributed by atoms with E-state index in [0.717, 1.165) is 30.2 Å². The van der Waals surface area contributed by atoms with Crippen LogP contribution >= 0.6 is 0 Å². The lowest BCUT2D eigenvalue weighted by Gasteiger charge is -1.99. The van der Waals surface area contributed by atoms with Crippen LogP contribution in [0.3, 0.4) is 0 Å². The van der Waals surface area contributed by atoms with Crippen molar-refractivity contribution in [1.82, 2.24) is 15.2 Å². The van der Waals surface area contributed by atoms with Crippen LogP contribution in [0.2, 0.25) is 0 Å². The van der Waals surface area contributed by atoms with E-state index in [1.54, 1.807) is 0 Å². The molecule has 2 heterocycles. The van der Waals surface area contributed by atoms with Gasteiger partial charge in [-0.25, -0.2) is 4.98 Å². The summed E-state index contributed by atoms with van der Waals surface area (Å²) in [6.45, 7) is 3.48. The molecule has 1 aromatic heterocycles. The summed E-state index contributed by atoms with van der Waals surface area (Å²) in [4.78, 5) is 4.42. The number of hydrogen-bond acceptors (Lipinski definition) is 3. The average molecular weight is 215 g/mol. The van der Waals surface area contributed by atoms with E-state index in [9.17, 15) is 0 Å². The molecule has 0 atom stereocenters. The van der Waals surface area contributed by atoms with Gasteiger partial charge in [0.05, 0.1) is 13.2 Å². The molecule has 0 amide bonds. The van der Waals surface area contributed by atoms with Gasteiger partial charge in [-0.15, -0.1) is 0 Å². The first-order chi connectivity index (χ1) is 7.86. The minimum absolute atomic E-state index is 0.703. The number of hydrogen-bond donors (Lipinski definition) is 1. The molecule has 4 heteroatoms. The second-order valence-corrected chi connectivity index (χ2v) is 3.94. The minimum Gasteiger partial charge on any atom is -0.372 e. The van der Waals surface area contributed by atoms with Crippen LogP contribution in [-0.4, -0.2) is 15.2 Å². The predicted molar refractivity (Wildman–Crippen MR) is 59.7 cm³/mol. The van der Waals surface area contributed by atoms with E-state index >= 15 is 0 Å². The molecule has 0 saturated carbocycles. The molecular weight excluding hydrogens is 202 g/mol. The van der Waals surface area contributed by atoms with Crippen molar-refractivity contribution in [2.24, 2.45) is 0 Å². The molecule has 1 aliphatic rings. The van der Waals surface area contributed by atoms with Crippen molar-refractivity contribution in [2.75, 3.05) is 0 Å². The van der Waals surface area contributed by atoms with Crippen molar-refractivity contribution in [1.29, 1.82) is 0 Å². The van der Waals surface area contributed by atoms with Crippen molar-refractivity contribution in [3.05, 3.63) is 35.2 Å². The molecule has 0 fully saturated rings. The van der Waals surface area contributed by atoms with E-state index in [1.807, 2.05) is 0 Å². The molecular formula is C12H13N3O. The van der Waals surface area contributed by atoms with E-state index in [-0.39, 0.29) is 0 Å². The van der Waals surface area contributed by atoms with Crippen molar-refractivity contribution in [2.45, 2.75) is 26.6 Å². The molecule has 3 rings (SSSR count). The van der Waals surface area contributed by atoms with Crippen LogP contribution in [-0.2, 0) is 24.4 Å². The summed E-state index contributed by atoms with van der Waals surface area (Å²) >= 11 is 0. The highest BCUT2D eigenvalue weighted by Crippen LogP contribution is 2.24. The van der Waals surface area contributed by atoms with Gasteiger partial charge in [0.15, 0.2) is 5.82 Å². The van der Waals surface area contributed by atoms with E-state index in [0.29, 0.717) is 6.61 Å². The summed E-state index contributed by atoms with van der Waals surface area (Å²) in [6, 6.07) is 6.26. The monoisotopic (exact) mass is 215 g/mol. The van der Waals surface area contributed by atoms with Crippen LogP contribution in [0.4, 0.5) is 0 Å². The molecule has 0 aliphatic carbocycles. The summed E-state index contributed by atoms with van der Waals surface area (Å²) in [5.41, 5.74) is 3.58. The van der Waals surface area contributed by atoms with Gasteiger partial charge >= 0.3 is 0 Å². The van der Waals surface area contributed by atoms with E-state index < -0.39 is 0 Å². The Hall–Kier alpha value is -1.68. The number of nitrogens with one attached hydrogen (secondary N) is 1. The van der Waals surface area contributed by atoms with E-state index in [1.165, 1.54) is 11.1 Å². The lowest BCUT2D eigenvalue weighted by atomic mass is 10.1. The van der Waals surface area contributed by atoms with Crippen molar-refractivity contribution in [3.63, 3.8) is 0 Å². The summed E-state index contributed by atoms with van der Waals surface area (Å²) < 4.78 is 5.38. The zero-order valence-electron chi connectivity index (χ0n) is 9.16. The van der Waals surface area contributed by atoms with E-state index in [2.05, 4.69) is 40.3 Å². The van der Waals surface area contributed by atoms with Gasteiger partial charge in [-0.2, -0.15) is 5.10 Å². The van der Waals surface area contributed by atoms with Gasteiger partial charge in [-0.05, 0) is 17.2 Å². The molecule has 1 aliphatic heterocycles. The van der Waals surface area contributed by atoms with Crippen LogP contribution in [0.5, 0.6) is 0 Å². The second kappa shape index (κ2) is 3.72. The molecule has 0 unspecified atom stereocenters. The van der Waals surface area contributed by atoms with E-state index in [4.69, 9.17) is 4.74 Å². The molecule has 16 heavy (non-hydrogen) atoms. The number of benzene rings is 1. The van der Waals surface area contributed by atoms with Gasteiger partial charge in [0.1, 0.15) is 5.82 Å². The molecule has 82 valence electrons. The fourth-order valence-electron chi connectivity index (χ4n) is 1.89. The average Bonchev–Trinajstić information content (AvgIpc) is 2.96. The number of aromatic nitrogens is 3. The maximum Gasteiger partial charge on any atom is 0.181 e. The molecule has 0 spiro atoms. The Kier molecular flexibility index (Phi) is 2.22. The largest absolute Gasteiger partial charge is 0.372 e. The fraction of sp³-hybridized carbons (Fsp3) is 0.333. The quantitative estimate of drug-likeness (QED) is 0.834. The van der Waals surface area contributed by atoms with Gasteiger partial charge in [0.2, 0.25) is 0 Å². The summed E-state index contributed by atoms with van der Waals surface area (Å²) in [6.07, 6.45) is 0.876. The van der Waals surface area contributed by atoms with Gasteiger partial charge in [0, 0.05) is 12.0 Å². The summed E-state index contributed by atoms with van der Waals surface area (Å²) in [7, 11) is 0. The zero-order valence-corrected chi connectivity index (χ0v) is 9.16. The van der Waals surface area contributed by atoms with Gasteiger partial charge < -0.3 is 4.74 Å². The highest BCUT2D eigenvalue weighted by Gasteiger charge is 2.13. The van der Waals surface area contributed by atoms with Crippen LogP contribution in [0, 0.1) is 0 Å². The summed E-state index contributed by atoms with van der Waals surface area (Å²) in [5, 5.41) is 7.14. The fourth-order valence-corrected chi connectivity index (χ4v) is 1.89. The Labute approximate surface area is 93.7 Å². The Morgan fingerprint density at radius 2 is 2.19 bits per heavy atom. The standard InChI is InChI=1S/C12H13N3O/c1-2-11-13-12(15-14-11)8-3-4-9-6-16-7-10(9)5-8/h3-5H,2,6-7H2,1H3,(H,13,14,15). The highest BCUT2D eigenvalue weighted by atomic mass is 16.5. The zero-order chi connectivity index (χ0) is 11.0. The van der Waals surface area contributed by atoms with Crippen LogP contribution < -0.4 is 0 Å². The number of nitrogens with zero attached hydrogens (tertiary/aromatic N) is 2. The van der Waals surface area contributed by atoms with Crippen LogP contribution in [0.1, 0.15) is 23.9 Å². The van der Waals surface area contributed by atoms with Crippen molar-refractivity contribution >= 4 is 0 Å². The second-order valence-electron chi connectivity index (χ2n) is 3.94. The SMILES string of the molecule is CCc1nc(-c2ccc3c(c2)COC3)n[nH]1. The number of aromatic amines is 1. The molecule has 2 aromatic rings. The van der Waals surface area contributed by atoms with Crippen molar-refractivity contribution < 1.29 is 4.74 Å². The number of rotatable bonds is 2. The third-order valence-electron chi connectivity index (χ3n) is 2.85. The minimum atomic E-state index is 0.703. The van der Waals surface area contributed by atoms with Gasteiger partial charge in [-0.1, -0.05) is 19.1 Å². The lowest BCUT2D eigenvalue weighted by Crippen LogP contribution is -1.86. The summed E-state index contributed by atoms with van der Waals surface area (Å²) in [5.74, 6) is 1.69. The molecule has 0 radical (unpaired) electrons. The van der Waals surface area contributed by atoms with Crippen LogP contribution in [0.15, 0.2) is 18.2 Å². The Bertz CT molecular complexity index is 519. The normalized spacial score (nSPS) is 14.1. The van der Waals surface area contributed by atoms with Gasteiger partial charge in [-0.3, -0.25) is 5.10 Å². The first-order valence-electron chi connectivity index (χ1n) is 5.48. The third-order valence-corrected chi connectivity index (χ3v) is 2.85. The number of ether oxygens (including phenoxy) is 1. The maximum atomic E-state index is 5.38. The number of fused-ring (bicyclic) bond motifs is 1.